The van der Waals surface area contributed by atoms with E-state index >= 15 is 0 Å². The lowest BCUT2D eigenvalue weighted by Crippen LogP contribution is -2.45. The number of ether oxygens (including phenoxy) is 1. The van der Waals surface area contributed by atoms with Crippen LogP contribution in [0.5, 0.6) is 0 Å². The second-order valence-electron chi connectivity index (χ2n) is 25.3. The van der Waals surface area contributed by atoms with Crippen LogP contribution in [0, 0.1) is 23.7 Å². The summed E-state index contributed by atoms with van der Waals surface area (Å²) in [6, 6.07) is 100. The van der Waals surface area contributed by atoms with E-state index in [2.05, 4.69) is 320 Å². The Morgan fingerprint density at radius 3 is 1.58 bits per heavy atom. The quantitative estimate of drug-likeness (QED) is 0.0757. The molecule has 7 heteroatoms. The third kappa shape index (κ3) is 12.4. The standard InChI is InChI=1S/C82H81N2O2P3/c1-57(2)76-48-46-59(5)54-82(76,86-89(69-39-22-12-23-40-69)70-41-24-13-25-42-70)63-50-62(51-64(52-63)84(7)60(6)56-87(65-31-14-8-15-32-65)66-33-16-9-17-34-66)74-53-75(81-83-77(55-85-81)58(3)4)79(73-45-29-28-44-72(73)74)80-71-43-27-26-30-61(71)47-49-78(80)88(67-35-18-10-19-36-67)68-37-20-11-21-38-68/h8-45,47,49-53,57-60,76-77H,46,48,54-56H2,1-7H3/t59?,60-,76?,77+,82?/m0/s1. The minimum absolute atomic E-state index is 0.0234. The molecule has 89 heavy (non-hydrogen) atoms. The largest absolute Gasteiger partial charge is 0.475 e. The Labute approximate surface area is 532 Å². The first-order valence-corrected chi connectivity index (χ1v) is 36.2. The van der Waals surface area contributed by atoms with Crippen LogP contribution in [0.25, 0.3) is 43.8 Å². The Bertz CT molecular complexity index is 4100. The van der Waals surface area contributed by atoms with Gasteiger partial charge in [0.15, 0.2) is 0 Å². The molecule has 0 amide bonds. The van der Waals surface area contributed by atoms with E-state index in [0.717, 1.165) is 47.7 Å². The first-order valence-electron chi connectivity index (χ1n) is 32.1. The van der Waals surface area contributed by atoms with Crippen LogP contribution in [0.3, 0.4) is 0 Å². The van der Waals surface area contributed by atoms with Gasteiger partial charge in [0.05, 0.1) is 14.2 Å². The molecular formula is C82H81N2O2P3. The molecule has 0 aromatic heterocycles. The Hall–Kier alpha value is -7.54. The molecule has 0 saturated heterocycles. The number of hydrogen-bond acceptors (Lipinski definition) is 4. The summed E-state index contributed by atoms with van der Waals surface area (Å²) in [7, 11) is -0.644. The fourth-order valence-corrected chi connectivity index (χ4v) is 21.1. The topological polar surface area (TPSA) is 34.1 Å². The molecule has 13 rings (SSSR count). The maximum atomic E-state index is 8.41. The molecular weight excluding hydrogens is 1140 g/mol. The minimum atomic E-state index is -1.26. The Morgan fingerprint density at radius 2 is 1.03 bits per heavy atom. The fraction of sp³-hybridized carbons (Fsp3) is 0.232. The Morgan fingerprint density at radius 1 is 0.517 bits per heavy atom. The van der Waals surface area contributed by atoms with Crippen molar-refractivity contribution in [1.29, 1.82) is 0 Å². The van der Waals surface area contributed by atoms with Gasteiger partial charge in [-0.25, -0.2) is 4.99 Å². The van der Waals surface area contributed by atoms with Gasteiger partial charge in [0.2, 0.25) is 5.90 Å². The summed E-state index contributed by atoms with van der Waals surface area (Å²) in [6.07, 6.45) is 4.13. The van der Waals surface area contributed by atoms with Crippen LogP contribution in [0.15, 0.2) is 272 Å². The normalized spacial score (nSPS) is 18.1. The van der Waals surface area contributed by atoms with E-state index in [0.29, 0.717) is 30.3 Å². The number of nitrogens with zero attached hydrogens (tertiary/aromatic N) is 2. The van der Waals surface area contributed by atoms with Crippen molar-refractivity contribution >= 4 is 94.3 Å². The summed E-state index contributed by atoms with van der Waals surface area (Å²) in [5, 5.41) is 13.9. The van der Waals surface area contributed by atoms with Gasteiger partial charge in [-0.05, 0) is 160 Å². The fourth-order valence-electron chi connectivity index (χ4n) is 14.0. The van der Waals surface area contributed by atoms with E-state index in [-0.39, 0.29) is 18.0 Å². The van der Waals surface area contributed by atoms with Gasteiger partial charge >= 0.3 is 0 Å². The first kappa shape index (κ1) is 60.4. The van der Waals surface area contributed by atoms with Gasteiger partial charge in [-0.2, -0.15) is 0 Å². The van der Waals surface area contributed by atoms with Gasteiger partial charge in [-0.1, -0.05) is 284 Å². The zero-order valence-corrected chi connectivity index (χ0v) is 55.1. The molecule has 1 aliphatic heterocycles. The number of benzene rings is 11. The maximum Gasteiger partial charge on any atom is 0.217 e. The SMILES string of the molecule is CC1CCC(C(C)C)C(OP(c2ccccc2)c2ccccc2)(c2cc(-c3cc(C4=N[C@@H](C(C)C)CO4)c(-c4c(P(c5ccccc5)c5ccccc5)ccc5ccccc45)c4ccccc34)cc(N(C)[C@@H](C)CP(c3ccccc3)c3ccccc3)c2)C1. The molecule has 2 aliphatic rings. The van der Waals surface area contributed by atoms with Crippen LogP contribution < -0.4 is 42.0 Å². The molecule has 3 unspecified atom stereocenters. The molecule has 446 valence electrons. The van der Waals surface area contributed by atoms with E-state index in [1.54, 1.807) is 0 Å². The predicted molar refractivity (Wildman–Crippen MR) is 387 cm³/mol. The summed E-state index contributed by atoms with van der Waals surface area (Å²) in [5.41, 5.74) is 7.52. The summed E-state index contributed by atoms with van der Waals surface area (Å²) in [6.45, 7) is 14.9. The summed E-state index contributed by atoms with van der Waals surface area (Å²) < 4.78 is 15.5. The Kier molecular flexibility index (Phi) is 18.2. The van der Waals surface area contributed by atoms with Gasteiger partial charge < -0.3 is 14.2 Å². The highest BCUT2D eigenvalue weighted by atomic mass is 31.1. The van der Waals surface area contributed by atoms with E-state index < -0.39 is 29.6 Å². The number of hydrogen-bond donors (Lipinski definition) is 0. The van der Waals surface area contributed by atoms with Crippen LogP contribution in [0.1, 0.15) is 71.9 Å². The van der Waals surface area contributed by atoms with Gasteiger partial charge in [0.1, 0.15) is 12.2 Å². The molecule has 0 bridgehead atoms. The lowest BCUT2D eigenvalue weighted by atomic mass is 9.64. The predicted octanol–water partition coefficient (Wildman–Crippen LogP) is 18.2. The molecule has 1 heterocycles. The third-order valence-corrected chi connectivity index (χ3v) is 26.0. The van der Waals surface area contributed by atoms with Crippen LogP contribution in [-0.4, -0.2) is 37.8 Å². The van der Waals surface area contributed by atoms with E-state index in [4.69, 9.17) is 14.3 Å². The van der Waals surface area contributed by atoms with Crippen LogP contribution >= 0.6 is 24.0 Å². The van der Waals surface area contributed by atoms with Crippen molar-refractivity contribution in [2.75, 3.05) is 24.7 Å². The number of anilines is 1. The zero-order chi connectivity index (χ0) is 61.0. The van der Waals surface area contributed by atoms with Crippen molar-refractivity contribution in [2.24, 2.45) is 28.7 Å². The molecule has 5 atom stereocenters. The highest BCUT2D eigenvalue weighted by molar-refractivity contribution is 7.80. The van der Waals surface area contributed by atoms with Crippen molar-refractivity contribution in [1.82, 2.24) is 0 Å². The van der Waals surface area contributed by atoms with Crippen molar-refractivity contribution < 1.29 is 9.26 Å². The summed E-state index contributed by atoms with van der Waals surface area (Å²) in [4.78, 5) is 8.19. The zero-order valence-electron chi connectivity index (χ0n) is 52.5. The van der Waals surface area contributed by atoms with Crippen molar-refractivity contribution in [3.05, 3.63) is 278 Å². The first-order chi connectivity index (χ1) is 43.5. The molecule has 11 aromatic carbocycles. The van der Waals surface area contributed by atoms with Crippen LogP contribution in [0.4, 0.5) is 5.69 Å². The molecule has 1 aliphatic carbocycles. The number of aliphatic imine (C=N–C) groups is 1. The molecule has 11 aromatic rings. The molecule has 0 N–H and O–H groups in total. The minimum Gasteiger partial charge on any atom is -0.475 e. The molecule has 0 radical (unpaired) electrons. The third-order valence-electron chi connectivity index (χ3n) is 18.8. The lowest BCUT2D eigenvalue weighted by Gasteiger charge is -2.50. The molecule has 0 spiro atoms. The Balaban J connectivity index is 1.09. The maximum absolute atomic E-state index is 8.41. The molecule has 1 saturated carbocycles. The van der Waals surface area contributed by atoms with E-state index in [1.807, 2.05) is 0 Å². The van der Waals surface area contributed by atoms with Crippen LogP contribution in [0.2, 0.25) is 0 Å². The van der Waals surface area contributed by atoms with Gasteiger partial charge in [0.25, 0.3) is 0 Å². The second-order valence-corrected chi connectivity index (χ2v) is 31.6. The van der Waals surface area contributed by atoms with E-state index in [9.17, 15) is 0 Å². The summed E-state index contributed by atoms with van der Waals surface area (Å²) in [5.74, 6) is 2.03. The highest BCUT2D eigenvalue weighted by Crippen LogP contribution is 2.58. The van der Waals surface area contributed by atoms with Gasteiger partial charge in [0, 0.05) is 40.5 Å². The van der Waals surface area contributed by atoms with Crippen molar-refractivity contribution in [2.45, 2.75) is 78.5 Å². The van der Waals surface area contributed by atoms with E-state index in [1.165, 1.54) is 75.5 Å². The van der Waals surface area contributed by atoms with Crippen molar-refractivity contribution in [3.8, 4) is 22.3 Å². The van der Waals surface area contributed by atoms with Gasteiger partial charge in [-0.15, -0.1) is 0 Å². The molecule has 4 nitrogen and oxygen atoms in total. The number of fused-ring (bicyclic) bond motifs is 2. The highest BCUT2D eigenvalue weighted by Gasteiger charge is 2.49. The monoisotopic (exact) mass is 1220 g/mol. The van der Waals surface area contributed by atoms with Crippen molar-refractivity contribution in [3.63, 3.8) is 0 Å². The lowest BCUT2D eigenvalue weighted by molar-refractivity contribution is -0.0550. The molecule has 1 fully saturated rings. The average molecular weight is 1220 g/mol. The van der Waals surface area contributed by atoms with Gasteiger partial charge in [-0.3, -0.25) is 0 Å². The number of rotatable bonds is 19. The summed E-state index contributed by atoms with van der Waals surface area (Å²) >= 11 is 0. The average Bonchev–Trinajstić information content (AvgIpc) is 1.67. The second kappa shape index (κ2) is 26.9. The smallest absolute Gasteiger partial charge is 0.217 e. The van der Waals surface area contributed by atoms with Crippen LogP contribution in [-0.2, 0) is 14.9 Å².